The first-order chi connectivity index (χ1) is 11.1. The highest BCUT2D eigenvalue weighted by molar-refractivity contribution is 5.30. The summed E-state index contributed by atoms with van der Waals surface area (Å²) in [4.78, 5) is 16.8. The smallest absolute Gasteiger partial charge is 0.223 e. The lowest BCUT2D eigenvalue weighted by molar-refractivity contribution is 0.0327. The van der Waals surface area contributed by atoms with Gasteiger partial charge in [0, 0.05) is 45.0 Å². The van der Waals surface area contributed by atoms with Crippen LogP contribution in [0.25, 0.3) is 0 Å². The third kappa shape index (κ3) is 3.94. The molecule has 0 amide bonds. The minimum atomic E-state index is -0.265. The molecule has 0 spiro atoms. The molecule has 0 unspecified atom stereocenters. The third-order valence-electron chi connectivity index (χ3n) is 4.95. The average molecular weight is 321 g/mol. The van der Waals surface area contributed by atoms with Crippen molar-refractivity contribution in [3.05, 3.63) is 27.7 Å². The van der Waals surface area contributed by atoms with Gasteiger partial charge in [-0.25, -0.2) is 0 Å². The molecule has 23 heavy (non-hydrogen) atoms. The van der Waals surface area contributed by atoms with E-state index in [4.69, 9.17) is 4.74 Å². The number of piperidine rings is 1. The van der Waals surface area contributed by atoms with Gasteiger partial charge in [-0.1, -0.05) is 6.42 Å². The Bertz CT molecular complexity index is 587. The van der Waals surface area contributed by atoms with E-state index in [9.17, 15) is 9.90 Å². The van der Waals surface area contributed by atoms with Crippen LogP contribution in [-0.4, -0.2) is 58.9 Å². The molecule has 1 aromatic rings. The number of morpholine rings is 1. The molecule has 2 saturated heterocycles. The SMILES string of the molecule is Cn1c(CN2CCCCC2)cc(=O)c(O)c1CN1CCOCC1. The average Bonchev–Trinajstić information content (AvgIpc) is 2.58. The predicted molar refractivity (Wildman–Crippen MR) is 88.6 cm³/mol. The first kappa shape index (κ1) is 16.5. The second-order valence-electron chi connectivity index (χ2n) is 6.58. The topological polar surface area (TPSA) is 57.9 Å². The maximum Gasteiger partial charge on any atom is 0.223 e. The molecule has 0 atom stereocenters. The maximum absolute atomic E-state index is 12.2. The van der Waals surface area contributed by atoms with Crippen molar-refractivity contribution in [1.29, 1.82) is 0 Å². The minimum Gasteiger partial charge on any atom is -0.503 e. The number of aromatic nitrogens is 1. The molecule has 6 heteroatoms. The van der Waals surface area contributed by atoms with Crippen LogP contribution in [0.5, 0.6) is 5.75 Å². The Balaban J connectivity index is 1.81. The fourth-order valence-corrected chi connectivity index (χ4v) is 3.44. The molecule has 128 valence electrons. The summed E-state index contributed by atoms with van der Waals surface area (Å²) in [6.45, 7) is 6.65. The van der Waals surface area contributed by atoms with Crippen molar-refractivity contribution in [2.45, 2.75) is 32.4 Å². The molecule has 2 aliphatic heterocycles. The zero-order valence-corrected chi connectivity index (χ0v) is 14.0. The van der Waals surface area contributed by atoms with Crippen LogP contribution in [0.2, 0.25) is 0 Å². The molecule has 0 radical (unpaired) electrons. The van der Waals surface area contributed by atoms with Crippen molar-refractivity contribution in [2.24, 2.45) is 7.05 Å². The molecule has 1 aromatic heterocycles. The van der Waals surface area contributed by atoms with Gasteiger partial charge in [0.05, 0.1) is 18.9 Å². The molecule has 0 bridgehead atoms. The van der Waals surface area contributed by atoms with Gasteiger partial charge in [0.15, 0.2) is 5.75 Å². The van der Waals surface area contributed by atoms with Gasteiger partial charge in [0.1, 0.15) is 0 Å². The van der Waals surface area contributed by atoms with Crippen LogP contribution in [-0.2, 0) is 24.9 Å². The Morgan fingerprint density at radius 3 is 2.39 bits per heavy atom. The van der Waals surface area contributed by atoms with Gasteiger partial charge in [0.2, 0.25) is 5.43 Å². The van der Waals surface area contributed by atoms with Crippen LogP contribution >= 0.6 is 0 Å². The van der Waals surface area contributed by atoms with Crippen LogP contribution in [0.15, 0.2) is 10.9 Å². The van der Waals surface area contributed by atoms with Gasteiger partial charge in [0.25, 0.3) is 0 Å². The van der Waals surface area contributed by atoms with Crippen molar-refractivity contribution in [3.63, 3.8) is 0 Å². The summed E-state index contributed by atoms with van der Waals surface area (Å²) in [6.07, 6.45) is 3.76. The van der Waals surface area contributed by atoms with E-state index in [0.29, 0.717) is 25.5 Å². The van der Waals surface area contributed by atoms with Crippen LogP contribution in [0.4, 0.5) is 0 Å². The van der Waals surface area contributed by atoms with Crippen LogP contribution in [0, 0.1) is 0 Å². The molecule has 0 saturated carbocycles. The first-order valence-electron chi connectivity index (χ1n) is 8.58. The zero-order valence-electron chi connectivity index (χ0n) is 14.0. The molecular weight excluding hydrogens is 294 g/mol. The molecule has 1 N–H and O–H groups in total. The number of hydrogen-bond donors (Lipinski definition) is 1. The summed E-state index contributed by atoms with van der Waals surface area (Å²) < 4.78 is 7.37. The predicted octanol–water partition coefficient (Wildman–Crippen LogP) is 0.909. The monoisotopic (exact) mass is 321 g/mol. The number of aromatic hydroxyl groups is 1. The van der Waals surface area contributed by atoms with E-state index in [1.54, 1.807) is 6.07 Å². The summed E-state index contributed by atoms with van der Waals surface area (Å²) in [5.41, 5.74) is 1.43. The summed E-state index contributed by atoms with van der Waals surface area (Å²) in [5, 5.41) is 10.2. The lowest BCUT2D eigenvalue weighted by atomic mass is 10.1. The third-order valence-corrected chi connectivity index (χ3v) is 4.95. The Kier molecular flexibility index (Phi) is 5.35. The molecule has 2 fully saturated rings. The lowest BCUT2D eigenvalue weighted by Crippen LogP contribution is -2.37. The van der Waals surface area contributed by atoms with Gasteiger partial charge >= 0.3 is 0 Å². The van der Waals surface area contributed by atoms with Crippen molar-refractivity contribution < 1.29 is 9.84 Å². The van der Waals surface area contributed by atoms with Crippen molar-refractivity contribution >= 4 is 0 Å². The van der Waals surface area contributed by atoms with E-state index in [1.165, 1.54) is 19.3 Å². The van der Waals surface area contributed by atoms with Crippen molar-refractivity contribution in [3.8, 4) is 5.75 Å². The summed E-state index contributed by atoms with van der Waals surface area (Å²) in [7, 11) is 1.95. The van der Waals surface area contributed by atoms with Gasteiger partial charge in [-0.2, -0.15) is 0 Å². The summed E-state index contributed by atoms with van der Waals surface area (Å²) in [5.74, 6) is -0.110. The number of rotatable bonds is 4. The quantitative estimate of drug-likeness (QED) is 0.893. The molecule has 0 aliphatic carbocycles. The second-order valence-corrected chi connectivity index (χ2v) is 6.58. The molecule has 0 aromatic carbocycles. The van der Waals surface area contributed by atoms with Gasteiger partial charge in [-0.15, -0.1) is 0 Å². The molecule has 6 nitrogen and oxygen atoms in total. The maximum atomic E-state index is 12.2. The van der Waals surface area contributed by atoms with E-state index in [2.05, 4.69) is 9.80 Å². The number of ether oxygens (including phenoxy) is 1. The van der Waals surface area contributed by atoms with Crippen molar-refractivity contribution in [2.75, 3.05) is 39.4 Å². The normalized spacial score (nSPS) is 20.7. The Morgan fingerprint density at radius 2 is 1.70 bits per heavy atom. The van der Waals surface area contributed by atoms with Crippen molar-refractivity contribution in [1.82, 2.24) is 14.4 Å². The second kappa shape index (κ2) is 7.47. The molecule has 3 rings (SSSR count). The number of likely N-dealkylation sites (tertiary alicyclic amines) is 1. The van der Waals surface area contributed by atoms with E-state index in [-0.39, 0.29) is 11.2 Å². The largest absolute Gasteiger partial charge is 0.503 e. The van der Waals surface area contributed by atoms with E-state index in [1.807, 2.05) is 11.6 Å². The number of nitrogens with zero attached hydrogens (tertiary/aromatic N) is 3. The standard InChI is InChI=1S/C17H27N3O3/c1-18-14(12-19-5-3-2-4-6-19)11-16(21)17(22)15(18)13-20-7-9-23-10-8-20/h11,22H,2-10,12-13H2,1H3. The summed E-state index contributed by atoms with van der Waals surface area (Å²) >= 11 is 0. The van der Waals surface area contributed by atoms with Crippen LogP contribution in [0.3, 0.4) is 0 Å². The molecule has 3 heterocycles. The highest BCUT2D eigenvalue weighted by Gasteiger charge is 2.19. The fraction of sp³-hybridized carbons (Fsp3) is 0.706. The summed E-state index contributed by atoms with van der Waals surface area (Å²) in [6, 6.07) is 1.59. The molecular formula is C17H27N3O3. The van der Waals surface area contributed by atoms with Gasteiger partial charge in [-0.3, -0.25) is 14.6 Å². The first-order valence-corrected chi connectivity index (χ1v) is 8.58. The Hall–Kier alpha value is -1.37. The lowest BCUT2D eigenvalue weighted by Gasteiger charge is -2.30. The van der Waals surface area contributed by atoms with Gasteiger partial charge in [-0.05, 0) is 25.9 Å². The fourth-order valence-electron chi connectivity index (χ4n) is 3.44. The van der Waals surface area contributed by atoms with E-state index < -0.39 is 0 Å². The Morgan fingerprint density at radius 1 is 1.04 bits per heavy atom. The van der Waals surface area contributed by atoms with Crippen LogP contribution in [0.1, 0.15) is 30.7 Å². The van der Waals surface area contributed by atoms with Crippen LogP contribution < -0.4 is 5.43 Å². The van der Waals surface area contributed by atoms with Gasteiger partial charge < -0.3 is 14.4 Å². The van der Waals surface area contributed by atoms with E-state index in [0.717, 1.165) is 38.4 Å². The minimum absolute atomic E-state index is 0.110. The number of hydrogen-bond acceptors (Lipinski definition) is 5. The highest BCUT2D eigenvalue weighted by atomic mass is 16.5. The Labute approximate surface area is 137 Å². The highest BCUT2D eigenvalue weighted by Crippen LogP contribution is 2.19. The molecule has 2 aliphatic rings. The number of pyridine rings is 1. The van der Waals surface area contributed by atoms with E-state index >= 15 is 0 Å². The zero-order chi connectivity index (χ0) is 16.2.